The number of rotatable bonds is 6. The van der Waals surface area contributed by atoms with Crippen LogP contribution in [0.25, 0.3) is 0 Å². The van der Waals surface area contributed by atoms with Gasteiger partial charge in [0.05, 0.1) is 12.1 Å². The molecule has 1 unspecified atom stereocenters. The van der Waals surface area contributed by atoms with Gasteiger partial charge in [0.25, 0.3) is 0 Å². The summed E-state index contributed by atoms with van der Waals surface area (Å²) >= 11 is 0. The summed E-state index contributed by atoms with van der Waals surface area (Å²) in [5.41, 5.74) is 5.76. The summed E-state index contributed by atoms with van der Waals surface area (Å²) in [6.07, 6.45) is 6.89. The normalized spacial score (nSPS) is 29.3. The van der Waals surface area contributed by atoms with Gasteiger partial charge in [-0.05, 0) is 71.6 Å². The molecule has 2 saturated carbocycles. The first-order chi connectivity index (χ1) is 15.0. The van der Waals surface area contributed by atoms with E-state index in [1.807, 2.05) is 25.7 Å². The van der Waals surface area contributed by atoms with Crippen LogP contribution in [0.4, 0.5) is 4.79 Å². The Morgan fingerprint density at radius 1 is 1.12 bits per heavy atom. The van der Waals surface area contributed by atoms with Gasteiger partial charge in [0.1, 0.15) is 11.8 Å². The number of aliphatic hydroxyl groups is 1. The van der Waals surface area contributed by atoms with Gasteiger partial charge in [0.15, 0.2) is 0 Å². The third-order valence-electron chi connectivity index (χ3n) is 7.66. The number of nitrogens with one attached hydrogen (secondary N) is 1. The fraction of sp³-hybridized carbons (Fsp3) is 0.917. The molecule has 6 atom stereocenters. The van der Waals surface area contributed by atoms with Gasteiger partial charge in [-0.25, -0.2) is 4.79 Å². The number of likely N-dealkylation sites (N-methyl/N-ethyl adjacent to an activating group) is 1. The molecule has 3 rings (SSSR count). The van der Waals surface area contributed by atoms with Gasteiger partial charge < -0.3 is 25.4 Å². The number of hydrogen-bond donors (Lipinski definition) is 3. The third-order valence-corrected chi connectivity index (χ3v) is 7.66. The van der Waals surface area contributed by atoms with Crippen molar-refractivity contribution in [2.75, 3.05) is 13.6 Å². The Morgan fingerprint density at radius 2 is 1.78 bits per heavy atom. The summed E-state index contributed by atoms with van der Waals surface area (Å²) in [5, 5.41) is 14.2. The van der Waals surface area contributed by atoms with Gasteiger partial charge in [0, 0.05) is 25.7 Å². The molecule has 0 aromatic heterocycles. The summed E-state index contributed by atoms with van der Waals surface area (Å²) in [4.78, 5) is 29.6. The zero-order valence-corrected chi connectivity index (χ0v) is 20.5. The average molecular weight is 453 g/mol. The summed E-state index contributed by atoms with van der Waals surface area (Å²) < 4.78 is 5.44. The van der Waals surface area contributed by atoms with Crippen LogP contribution < -0.4 is 11.1 Å². The van der Waals surface area contributed by atoms with E-state index in [9.17, 15) is 14.7 Å². The second kappa shape index (κ2) is 10.3. The van der Waals surface area contributed by atoms with Gasteiger partial charge in [-0.15, -0.1) is 0 Å². The SMILES string of the molecule is C[C@@H](C(O)N[C@H](C(=O)N1CC[C@H]2CC[C@H](N)[C@H]21)C1CCCCC1)N(C)C(=O)OC(C)(C)C. The maximum atomic E-state index is 13.8. The number of nitrogens with two attached hydrogens (primary N) is 1. The Labute approximate surface area is 193 Å². The van der Waals surface area contributed by atoms with E-state index in [0.717, 1.165) is 51.5 Å². The topological polar surface area (TPSA) is 108 Å². The van der Waals surface area contributed by atoms with Gasteiger partial charge >= 0.3 is 6.09 Å². The molecule has 0 bridgehead atoms. The summed E-state index contributed by atoms with van der Waals surface area (Å²) in [6, 6.07) is -0.856. The van der Waals surface area contributed by atoms with E-state index >= 15 is 0 Å². The van der Waals surface area contributed by atoms with Crippen molar-refractivity contribution >= 4 is 12.0 Å². The van der Waals surface area contributed by atoms with Gasteiger partial charge in [-0.3, -0.25) is 10.1 Å². The van der Waals surface area contributed by atoms with E-state index in [1.54, 1.807) is 14.0 Å². The molecule has 1 saturated heterocycles. The molecule has 3 fully saturated rings. The van der Waals surface area contributed by atoms with E-state index in [-0.39, 0.29) is 23.9 Å². The highest BCUT2D eigenvalue weighted by Gasteiger charge is 2.47. The lowest BCUT2D eigenvalue weighted by molar-refractivity contribution is -0.138. The molecule has 1 heterocycles. The van der Waals surface area contributed by atoms with Crippen LogP contribution in [0.15, 0.2) is 0 Å². The van der Waals surface area contributed by atoms with Crippen molar-refractivity contribution in [3.05, 3.63) is 0 Å². The highest BCUT2D eigenvalue weighted by Crippen LogP contribution is 2.38. The maximum Gasteiger partial charge on any atom is 0.410 e. The molecule has 32 heavy (non-hydrogen) atoms. The van der Waals surface area contributed by atoms with E-state index in [2.05, 4.69) is 5.32 Å². The summed E-state index contributed by atoms with van der Waals surface area (Å²) in [7, 11) is 1.61. The highest BCUT2D eigenvalue weighted by molar-refractivity contribution is 5.83. The minimum Gasteiger partial charge on any atom is -0.444 e. The number of hydrogen-bond acceptors (Lipinski definition) is 6. The number of carbonyl (C=O) groups is 2. The van der Waals surface area contributed by atoms with Crippen LogP contribution in [-0.2, 0) is 9.53 Å². The molecule has 0 radical (unpaired) electrons. The molecular formula is C24H44N4O4. The second-order valence-electron chi connectivity index (χ2n) is 11.1. The molecular weight excluding hydrogens is 408 g/mol. The molecule has 0 aromatic rings. The van der Waals surface area contributed by atoms with E-state index in [1.165, 1.54) is 11.3 Å². The third kappa shape index (κ3) is 5.75. The van der Waals surface area contributed by atoms with Crippen molar-refractivity contribution in [3.8, 4) is 0 Å². The lowest BCUT2D eigenvalue weighted by Crippen LogP contribution is -2.60. The molecule has 3 aliphatic rings. The zero-order valence-electron chi connectivity index (χ0n) is 20.5. The summed E-state index contributed by atoms with van der Waals surface area (Å²) in [6.45, 7) is 7.95. The van der Waals surface area contributed by atoms with Crippen molar-refractivity contribution in [2.24, 2.45) is 17.6 Å². The van der Waals surface area contributed by atoms with Gasteiger partial charge in [-0.1, -0.05) is 19.3 Å². The Kier molecular flexibility index (Phi) is 8.10. The number of ether oxygens (including phenoxy) is 1. The molecule has 2 aliphatic carbocycles. The van der Waals surface area contributed by atoms with Crippen LogP contribution in [0.5, 0.6) is 0 Å². The maximum absolute atomic E-state index is 13.8. The van der Waals surface area contributed by atoms with Crippen molar-refractivity contribution in [3.63, 3.8) is 0 Å². The molecule has 0 aromatic carbocycles. The second-order valence-corrected chi connectivity index (χ2v) is 11.1. The quantitative estimate of drug-likeness (QED) is 0.534. The smallest absolute Gasteiger partial charge is 0.410 e. The largest absolute Gasteiger partial charge is 0.444 e. The van der Waals surface area contributed by atoms with E-state index in [4.69, 9.17) is 10.5 Å². The Hall–Kier alpha value is -1.38. The number of aliphatic hydroxyl groups excluding tert-OH is 1. The monoisotopic (exact) mass is 452 g/mol. The number of likely N-dealkylation sites (tertiary alicyclic amines) is 1. The first kappa shape index (κ1) is 25.2. The van der Waals surface area contributed by atoms with Crippen LogP contribution in [0.2, 0.25) is 0 Å². The molecule has 184 valence electrons. The minimum absolute atomic E-state index is 0.0422. The Bertz CT molecular complexity index is 661. The lowest BCUT2D eigenvalue weighted by Gasteiger charge is -2.39. The number of fused-ring (bicyclic) bond motifs is 1. The summed E-state index contributed by atoms with van der Waals surface area (Å²) in [5.74, 6) is 0.748. The predicted molar refractivity (Wildman–Crippen MR) is 124 cm³/mol. The first-order valence-corrected chi connectivity index (χ1v) is 12.5. The highest BCUT2D eigenvalue weighted by atomic mass is 16.6. The number of amides is 2. The molecule has 8 heteroatoms. The van der Waals surface area contributed by atoms with Crippen LogP contribution >= 0.6 is 0 Å². The van der Waals surface area contributed by atoms with E-state index < -0.39 is 30.0 Å². The number of carbonyl (C=O) groups excluding carboxylic acids is 2. The molecule has 4 N–H and O–H groups in total. The predicted octanol–water partition coefficient (Wildman–Crippen LogP) is 2.44. The molecule has 0 spiro atoms. The van der Waals surface area contributed by atoms with E-state index in [0.29, 0.717) is 5.92 Å². The molecule has 8 nitrogen and oxygen atoms in total. The Balaban J connectivity index is 1.71. The standard InChI is InChI=1S/C24H44N4O4/c1-15(27(5)23(31)32-24(2,3)4)21(29)26-19(16-9-7-6-8-10-16)22(30)28-14-13-17-11-12-18(25)20(17)28/h15-21,26,29H,6-14,25H2,1-5H3/t15-,17+,18-,19-,20-,21?/m0/s1. The van der Waals surface area contributed by atoms with Crippen molar-refractivity contribution in [1.29, 1.82) is 0 Å². The van der Waals surface area contributed by atoms with Crippen LogP contribution in [0, 0.1) is 11.8 Å². The van der Waals surface area contributed by atoms with Crippen LogP contribution in [0.3, 0.4) is 0 Å². The zero-order chi connectivity index (χ0) is 23.6. The van der Waals surface area contributed by atoms with Crippen molar-refractivity contribution in [1.82, 2.24) is 15.1 Å². The fourth-order valence-corrected chi connectivity index (χ4v) is 5.70. The number of nitrogens with zero attached hydrogens (tertiary/aromatic N) is 2. The fourth-order valence-electron chi connectivity index (χ4n) is 5.70. The lowest BCUT2D eigenvalue weighted by atomic mass is 9.83. The van der Waals surface area contributed by atoms with Crippen molar-refractivity contribution < 1.29 is 19.4 Å². The van der Waals surface area contributed by atoms with Crippen LogP contribution in [-0.4, -0.2) is 76.5 Å². The molecule has 2 amide bonds. The average Bonchev–Trinajstić information content (AvgIpc) is 3.32. The van der Waals surface area contributed by atoms with Crippen molar-refractivity contribution in [2.45, 2.75) is 115 Å². The first-order valence-electron chi connectivity index (χ1n) is 12.5. The minimum atomic E-state index is -1.04. The van der Waals surface area contributed by atoms with Gasteiger partial charge in [0.2, 0.25) is 5.91 Å². The van der Waals surface area contributed by atoms with Gasteiger partial charge in [-0.2, -0.15) is 0 Å². The Morgan fingerprint density at radius 3 is 2.41 bits per heavy atom. The molecule has 1 aliphatic heterocycles. The van der Waals surface area contributed by atoms with Crippen LogP contribution in [0.1, 0.15) is 79.1 Å².